The highest BCUT2D eigenvalue weighted by Gasteiger charge is 2.25. The minimum Gasteiger partial charge on any atom is -0.491 e. The third-order valence-electron chi connectivity index (χ3n) is 5.44. The maximum atomic E-state index is 5.91. The number of nitrogens with one attached hydrogen (secondary N) is 2. The molecule has 7 nitrogen and oxygen atoms in total. The molecule has 2 N–H and O–H groups in total. The van der Waals surface area contributed by atoms with Gasteiger partial charge in [0.2, 0.25) is 0 Å². The van der Waals surface area contributed by atoms with E-state index >= 15 is 0 Å². The number of furan rings is 1. The first-order valence-electron chi connectivity index (χ1n) is 11.2. The molecule has 0 bridgehead atoms. The van der Waals surface area contributed by atoms with Crippen molar-refractivity contribution in [1.82, 2.24) is 15.5 Å². The lowest BCUT2D eigenvalue weighted by Gasteiger charge is -2.26. The Morgan fingerprint density at radius 1 is 1.19 bits per heavy atom. The molecule has 1 fully saturated rings. The molecule has 31 heavy (non-hydrogen) atoms. The Morgan fingerprint density at radius 3 is 2.74 bits per heavy atom. The summed E-state index contributed by atoms with van der Waals surface area (Å²) in [4.78, 5) is 7.30. The lowest BCUT2D eigenvalue weighted by atomic mass is 10.1. The van der Waals surface area contributed by atoms with Gasteiger partial charge in [-0.2, -0.15) is 0 Å². The van der Waals surface area contributed by atoms with Gasteiger partial charge in [-0.25, -0.2) is 4.99 Å². The fourth-order valence-corrected chi connectivity index (χ4v) is 3.80. The van der Waals surface area contributed by atoms with Crippen molar-refractivity contribution >= 4 is 5.96 Å². The molecule has 1 atom stereocenters. The van der Waals surface area contributed by atoms with Crippen LogP contribution in [0.1, 0.15) is 42.7 Å². The van der Waals surface area contributed by atoms with Gasteiger partial charge in [-0.15, -0.1) is 0 Å². The number of rotatable bonds is 11. The zero-order chi connectivity index (χ0) is 21.9. The van der Waals surface area contributed by atoms with Gasteiger partial charge in [-0.1, -0.05) is 12.1 Å². The second-order valence-corrected chi connectivity index (χ2v) is 7.80. The van der Waals surface area contributed by atoms with Crippen molar-refractivity contribution in [3.63, 3.8) is 0 Å². The molecule has 2 aromatic rings. The smallest absolute Gasteiger partial charge is 0.191 e. The number of methoxy groups -OCH3 is 1. The maximum Gasteiger partial charge on any atom is 0.191 e. The number of aliphatic imine (C=N–C) groups is 1. The van der Waals surface area contributed by atoms with Crippen molar-refractivity contribution in [3.8, 4) is 5.75 Å². The standard InChI is InChI=1S/C24H36N4O3/c1-4-25-24(26-17-20-10-9-19(2)16-23(20)31-15-14-29-3)27-18-21(22-8-7-13-30-22)28-11-5-6-12-28/h7-10,13,16,21H,4-6,11-12,14-15,17-18H2,1-3H3,(H2,25,26,27). The molecule has 170 valence electrons. The number of nitrogens with zero attached hydrogens (tertiary/aromatic N) is 2. The second kappa shape index (κ2) is 12.4. The number of hydrogen-bond donors (Lipinski definition) is 2. The predicted octanol–water partition coefficient (Wildman–Crippen LogP) is 3.51. The van der Waals surface area contributed by atoms with Gasteiger partial charge in [-0.3, -0.25) is 4.90 Å². The Hall–Kier alpha value is -2.51. The number of hydrogen-bond acceptors (Lipinski definition) is 5. The number of aryl methyl sites for hydroxylation is 1. The van der Waals surface area contributed by atoms with Gasteiger partial charge in [0.05, 0.1) is 25.5 Å². The van der Waals surface area contributed by atoms with Crippen LogP contribution in [0.15, 0.2) is 46.0 Å². The second-order valence-electron chi connectivity index (χ2n) is 7.80. The van der Waals surface area contributed by atoms with Crippen LogP contribution >= 0.6 is 0 Å². The molecule has 1 unspecified atom stereocenters. The third kappa shape index (κ3) is 7.01. The Bertz CT molecular complexity index is 801. The van der Waals surface area contributed by atoms with E-state index < -0.39 is 0 Å². The zero-order valence-electron chi connectivity index (χ0n) is 19.0. The van der Waals surface area contributed by atoms with Gasteiger partial charge < -0.3 is 24.5 Å². The number of benzene rings is 1. The summed E-state index contributed by atoms with van der Waals surface area (Å²) in [5.41, 5.74) is 2.22. The van der Waals surface area contributed by atoms with Crippen molar-refractivity contribution in [2.45, 2.75) is 39.3 Å². The maximum absolute atomic E-state index is 5.91. The van der Waals surface area contributed by atoms with Crippen LogP contribution in [0.3, 0.4) is 0 Å². The highest BCUT2D eigenvalue weighted by atomic mass is 16.5. The van der Waals surface area contributed by atoms with Crippen LogP contribution in [-0.2, 0) is 11.3 Å². The highest BCUT2D eigenvalue weighted by Crippen LogP contribution is 2.25. The number of guanidine groups is 1. The van der Waals surface area contributed by atoms with E-state index in [1.54, 1.807) is 13.4 Å². The minimum absolute atomic E-state index is 0.202. The molecule has 1 aromatic carbocycles. The molecule has 1 aromatic heterocycles. The van der Waals surface area contributed by atoms with Gasteiger partial charge >= 0.3 is 0 Å². The first kappa shape index (κ1) is 23.2. The summed E-state index contributed by atoms with van der Waals surface area (Å²) in [5, 5.41) is 6.87. The van der Waals surface area contributed by atoms with Gasteiger partial charge in [0.25, 0.3) is 0 Å². The van der Waals surface area contributed by atoms with Crippen LogP contribution in [-0.4, -0.2) is 57.4 Å². The summed E-state index contributed by atoms with van der Waals surface area (Å²) in [6.45, 7) is 9.51. The van der Waals surface area contributed by atoms with Crippen molar-refractivity contribution in [2.75, 3.05) is 46.5 Å². The summed E-state index contributed by atoms with van der Waals surface area (Å²) < 4.78 is 16.8. The van der Waals surface area contributed by atoms with E-state index in [1.165, 1.54) is 12.8 Å². The molecule has 0 radical (unpaired) electrons. The molecule has 3 rings (SSSR count). The quantitative estimate of drug-likeness (QED) is 0.324. The van der Waals surface area contributed by atoms with E-state index in [0.717, 1.165) is 54.8 Å². The van der Waals surface area contributed by atoms with Gasteiger partial charge in [0, 0.05) is 25.8 Å². The van der Waals surface area contributed by atoms with Crippen LogP contribution < -0.4 is 15.4 Å². The van der Waals surface area contributed by atoms with Crippen molar-refractivity contribution in [3.05, 3.63) is 53.5 Å². The minimum atomic E-state index is 0.202. The lowest BCUT2D eigenvalue weighted by Crippen LogP contribution is -2.42. The fraction of sp³-hybridized carbons (Fsp3) is 0.542. The van der Waals surface area contributed by atoms with Crippen molar-refractivity contribution in [1.29, 1.82) is 0 Å². The highest BCUT2D eigenvalue weighted by molar-refractivity contribution is 5.79. The van der Waals surface area contributed by atoms with Crippen LogP contribution in [0.25, 0.3) is 0 Å². The predicted molar refractivity (Wildman–Crippen MR) is 124 cm³/mol. The van der Waals surface area contributed by atoms with E-state index in [9.17, 15) is 0 Å². The topological polar surface area (TPSA) is 71.3 Å². The molecular formula is C24H36N4O3. The summed E-state index contributed by atoms with van der Waals surface area (Å²) >= 11 is 0. The Morgan fingerprint density at radius 2 is 2.03 bits per heavy atom. The zero-order valence-corrected chi connectivity index (χ0v) is 19.0. The molecule has 1 saturated heterocycles. The Balaban J connectivity index is 1.67. The fourth-order valence-electron chi connectivity index (χ4n) is 3.80. The van der Waals surface area contributed by atoms with Gasteiger partial charge in [0.15, 0.2) is 5.96 Å². The Kier molecular flexibility index (Phi) is 9.24. The van der Waals surface area contributed by atoms with E-state index in [4.69, 9.17) is 18.9 Å². The first-order chi connectivity index (χ1) is 15.2. The summed E-state index contributed by atoms with van der Waals surface area (Å²) in [6.07, 6.45) is 4.23. The molecular weight excluding hydrogens is 392 g/mol. The average Bonchev–Trinajstić information content (AvgIpc) is 3.48. The number of ether oxygens (including phenoxy) is 2. The van der Waals surface area contributed by atoms with Crippen LogP contribution in [0.4, 0.5) is 0 Å². The van der Waals surface area contributed by atoms with Crippen LogP contribution in [0.2, 0.25) is 0 Å². The van der Waals surface area contributed by atoms with Gasteiger partial charge in [0.1, 0.15) is 18.1 Å². The van der Waals surface area contributed by atoms with Crippen molar-refractivity contribution < 1.29 is 13.9 Å². The normalized spacial score (nSPS) is 15.8. The average molecular weight is 429 g/mol. The van der Waals surface area contributed by atoms with E-state index in [0.29, 0.717) is 19.8 Å². The van der Waals surface area contributed by atoms with Crippen LogP contribution in [0.5, 0.6) is 5.75 Å². The lowest BCUT2D eigenvalue weighted by molar-refractivity contribution is 0.145. The molecule has 1 aliphatic rings. The molecule has 0 saturated carbocycles. The van der Waals surface area contributed by atoms with E-state index in [2.05, 4.69) is 53.6 Å². The molecule has 2 heterocycles. The summed E-state index contributed by atoms with van der Waals surface area (Å²) in [7, 11) is 1.68. The largest absolute Gasteiger partial charge is 0.491 e. The molecule has 1 aliphatic heterocycles. The summed E-state index contributed by atoms with van der Waals surface area (Å²) in [5.74, 6) is 2.65. The molecule has 7 heteroatoms. The SMILES string of the molecule is CCNC(=NCc1ccc(C)cc1OCCOC)NCC(c1ccco1)N1CCCC1. The molecule has 0 aliphatic carbocycles. The third-order valence-corrected chi connectivity index (χ3v) is 5.44. The van der Waals surface area contributed by atoms with Crippen LogP contribution in [0, 0.1) is 6.92 Å². The Labute approximate surface area is 185 Å². The van der Waals surface area contributed by atoms with Gasteiger partial charge in [-0.05, 0) is 63.5 Å². The van der Waals surface area contributed by atoms with Crippen molar-refractivity contribution in [2.24, 2.45) is 4.99 Å². The van der Waals surface area contributed by atoms with E-state index in [-0.39, 0.29) is 6.04 Å². The summed E-state index contributed by atoms with van der Waals surface area (Å²) in [6, 6.07) is 10.5. The molecule has 0 amide bonds. The monoisotopic (exact) mass is 428 g/mol. The number of likely N-dealkylation sites (tertiary alicyclic amines) is 1. The van der Waals surface area contributed by atoms with E-state index in [1.807, 2.05) is 6.07 Å². The first-order valence-corrected chi connectivity index (χ1v) is 11.2. The molecule has 0 spiro atoms.